The first-order valence-corrected chi connectivity index (χ1v) is 8.70. The van der Waals surface area contributed by atoms with E-state index in [2.05, 4.69) is 41.2 Å². The van der Waals surface area contributed by atoms with Crippen LogP contribution in [0.4, 0.5) is 0 Å². The van der Waals surface area contributed by atoms with Crippen molar-refractivity contribution in [3.05, 3.63) is 65.5 Å². The van der Waals surface area contributed by atoms with Crippen LogP contribution < -0.4 is 5.32 Å². The van der Waals surface area contributed by atoms with Crippen LogP contribution in [-0.2, 0) is 16.1 Å². The number of aryl methyl sites for hydroxylation is 1. The fraction of sp³-hybridized carbons (Fsp3) is 0.400. The van der Waals surface area contributed by atoms with Crippen molar-refractivity contribution >= 4 is 5.91 Å². The van der Waals surface area contributed by atoms with Gasteiger partial charge in [-0.3, -0.25) is 14.7 Å². The summed E-state index contributed by atoms with van der Waals surface area (Å²) in [5.41, 5.74) is 3.43. The third-order valence-electron chi connectivity index (χ3n) is 4.66. The average Bonchev–Trinajstić information content (AvgIpc) is 2.63. The number of hydrogen-bond acceptors (Lipinski definition) is 4. The first-order valence-electron chi connectivity index (χ1n) is 8.70. The van der Waals surface area contributed by atoms with E-state index < -0.39 is 0 Å². The molecule has 2 aromatic rings. The van der Waals surface area contributed by atoms with Gasteiger partial charge in [0.2, 0.25) is 5.91 Å². The van der Waals surface area contributed by atoms with Crippen molar-refractivity contribution < 1.29 is 9.53 Å². The van der Waals surface area contributed by atoms with Crippen molar-refractivity contribution in [2.24, 2.45) is 0 Å². The second kappa shape index (κ2) is 8.23. The number of nitrogens with one attached hydrogen (secondary N) is 1. The molecule has 1 fully saturated rings. The predicted octanol–water partition coefficient (Wildman–Crippen LogP) is 2.47. The molecule has 25 heavy (non-hydrogen) atoms. The summed E-state index contributed by atoms with van der Waals surface area (Å²) in [6.07, 6.45) is 3.52. The lowest BCUT2D eigenvalue weighted by molar-refractivity contribution is -0.126. The van der Waals surface area contributed by atoms with Crippen molar-refractivity contribution in [1.82, 2.24) is 15.2 Å². The normalized spacial score (nSPS) is 21.0. The lowest BCUT2D eigenvalue weighted by atomic mass is 10.0. The van der Waals surface area contributed by atoms with Crippen LogP contribution in [0.25, 0.3) is 0 Å². The van der Waals surface area contributed by atoms with Gasteiger partial charge in [0.15, 0.2) is 0 Å². The van der Waals surface area contributed by atoms with Crippen molar-refractivity contribution in [2.75, 3.05) is 19.7 Å². The highest BCUT2D eigenvalue weighted by Gasteiger charge is 2.29. The molecule has 0 bridgehead atoms. The van der Waals surface area contributed by atoms with Crippen LogP contribution in [0, 0.1) is 6.92 Å². The molecule has 132 valence electrons. The Kier molecular flexibility index (Phi) is 5.79. The molecule has 1 aliphatic rings. The minimum absolute atomic E-state index is 0.0172. The Morgan fingerprint density at radius 3 is 2.92 bits per heavy atom. The molecule has 2 heterocycles. The van der Waals surface area contributed by atoms with Gasteiger partial charge in [-0.05, 0) is 36.6 Å². The van der Waals surface area contributed by atoms with E-state index >= 15 is 0 Å². The van der Waals surface area contributed by atoms with Crippen LogP contribution in [0.1, 0.15) is 29.7 Å². The number of aromatic nitrogens is 1. The van der Waals surface area contributed by atoms with Crippen LogP contribution in [0.2, 0.25) is 0 Å². The molecule has 0 radical (unpaired) electrons. The molecular weight excluding hydrogens is 314 g/mol. The number of pyridine rings is 1. The number of nitrogens with zero attached hydrogens (tertiary/aromatic N) is 2. The number of benzene rings is 1. The number of carbonyl (C=O) groups is 1. The molecule has 5 heteroatoms. The first-order chi connectivity index (χ1) is 12.1. The summed E-state index contributed by atoms with van der Waals surface area (Å²) in [5, 5.41) is 2.97. The molecule has 0 unspecified atom stereocenters. The van der Waals surface area contributed by atoms with Crippen LogP contribution in [0.5, 0.6) is 0 Å². The smallest absolute Gasteiger partial charge is 0.234 e. The number of ether oxygens (including phenoxy) is 1. The van der Waals surface area contributed by atoms with Gasteiger partial charge < -0.3 is 10.1 Å². The van der Waals surface area contributed by atoms with E-state index in [1.165, 1.54) is 11.1 Å². The second-order valence-electron chi connectivity index (χ2n) is 6.60. The van der Waals surface area contributed by atoms with Gasteiger partial charge in [-0.15, -0.1) is 0 Å². The molecule has 2 atom stereocenters. The van der Waals surface area contributed by atoms with E-state index in [0.29, 0.717) is 19.7 Å². The first kappa shape index (κ1) is 17.6. The molecule has 0 saturated carbocycles. The van der Waals surface area contributed by atoms with Gasteiger partial charge >= 0.3 is 0 Å². The van der Waals surface area contributed by atoms with Crippen LogP contribution in [-0.4, -0.2) is 41.5 Å². The van der Waals surface area contributed by atoms with Crippen LogP contribution >= 0.6 is 0 Å². The Hall–Kier alpha value is -2.24. The highest BCUT2D eigenvalue weighted by atomic mass is 16.5. The third kappa shape index (κ3) is 4.65. The van der Waals surface area contributed by atoms with Gasteiger partial charge in [-0.2, -0.15) is 0 Å². The summed E-state index contributed by atoms with van der Waals surface area (Å²) in [6, 6.07) is 12.3. The van der Waals surface area contributed by atoms with Gasteiger partial charge in [-0.25, -0.2) is 0 Å². The van der Waals surface area contributed by atoms with Gasteiger partial charge in [0, 0.05) is 31.5 Å². The molecule has 1 aliphatic heterocycles. The summed E-state index contributed by atoms with van der Waals surface area (Å²) in [5.74, 6) is 0.0288. The topological polar surface area (TPSA) is 54.5 Å². The molecule has 1 amide bonds. The summed E-state index contributed by atoms with van der Waals surface area (Å²) in [6.45, 7) is 6.45. The predicted molar refractivity (Wildman–Crippen MR) is 97.0 cm³/mol. The van der Waals surface area contributed by atoms with E-state index in [4.69, 9.17) is 4.74 Å². The number of hydrogen-bond donors (Lipinski definition) is 1. The van der Waals surface area contributed by atoms with Gasteiger partial charge in [-0.1, -0.05) is 30.3 Å². The lowest BCUT2D eigenvalue weighted by Crippen LogP contribution is -2.49. The fourth-order valence-electron chi connectivity index (χ4n) is 3.11. The zero-order chi connectivity index (χ0) is 17.6. The minimum atomic E-state index is 0.0172. The zero-order valence-electron chi connectivity index (χ0n) is 14.8. The Morgan fingerprint density at radius 2 is 2.16 bits per heavy atom. The molecule has 5 nitrogen and oxygen atoms in total. The maximum absolute atomic E-state index is 12.3. The highest BCUT2D eigenvalue weighted by molar-refractivity contribution is 5.78. The van der Waals surface area contributed by atoms with Crippen LogP contribution in [0.15, 0.2) is 48.8 Å². The molecule has 0 aliphatic carbocycles. The van der Waals surface area contributed by atoms with E-state index in [-0.39, 0.29) is 18.1 Å². The standard InChI is InChI=1S/C20H25N3O2/c1-15-6-3-4-8-18(15)19-12-23(16(2)14-25-19)13-20(24)22-11-17-7-5-9-21-10-17/h3-10,16,19H,11-14H2,1-2H3,(H,22,24)/t16-,19+/m0/s1. The monoisotopic (exact) mass is 339 g/mol. The maximum Gasteiger partial charge on any atom is 0.234 e. The number of amides is 1. The molecule has 1 saturated heterocycles. The number of rotatable bonds is 5. The summed E-state index contributed by atoms with van der Waals surface area (Å²) < 4.78 is 6.02. The van der Waals surface area contributed by atoms with Crippen molar-refractivity contribution in [3.63, 3.8) is 0 Å². The van der Waals surface area contributed by atoms with E-state index in [1.807, 2.05) is 24.3 Å². The van der Waals surface area contributed by atoms with Crippen molar-refractivity contribution in [3.8, 4) is 0 Å². The molecule has 3 rings (SSSR count). The second-order valence-corrected chi connectivity index (χ2v) is 6.60. The minimum Gasteiger partial charge on any atom is -0.371 e. The Bertz CT molecular complexity index is 705. The molecule has 1 aromatic heterocycles. The van der Waals surface area contributed by atoms with Crippen LogP contribution in [0.3, 0.4) is 0 Å². The zero-order valence-corrected chi connectivity index (χ0v) is 14.8. The summed E-state index contributed by atoms with van der Waals surface area (Å²) in [4.78, 5) is 18.6. The van der Waals surface area contributed by atoms with Gasteiger partial charge in [0.05, 0.1) is 19.3 Å². The van der Waals surface area contributed by atoms with Crippen molar-refractivity contribution in [2.45, 2.75) is 32.5 Å². The molecule has 1 aromatic carbocycles. The molecule has 0 spiro atoms. The number of morpholine rings is 1. The Morgan fingerprint density at radius 1 is 1.32 bits per heavy atom. The fourth-order valence-corrected chi connectivity index (χ4v) is 3.11. The van der Waals surface area contributed by atoms with E-state index in [9.17, 15) is 4.79 Å². The molecular formula is C20H25N3O2. The lowest BCUT2D eigenvalue weighted by Gasteiger charge is -2.38. The maximum atomic E-state index is 12.3. The van der Waals surface area contributed by atoms with Gasteiger partial charge in [0.1, 0.15) is 0 Å². The Balaban J connectivity index is 1.57. The SMILES string of the molecule is Cc1ccccc1[C@H]1CN(CC(=O)NCc2cccnc2)[C@@H](C)CO1. The number of carbonyl (C=O) groups excluding carboxylic acids is 1. The van der Waals surface area contributed by atoms with Crippen molar-refractivity contribution in [1.29, 1.82) is 0 Å². The molecule has 1 N–H and O–H groups in total. The summed E-state index contributed by atoms with van der Waals surface area (Å²) in [7, 11) is 0. The third-order valence-corrected chi connectivity index (χ3v) is 4.66. The van der Waals surface area contributed by atoms with Gasteiger partial charge in [0.25, 0.3) is 0 Å². The van der Waals surface area contributed by atoms with E-state index in [1.54, 1.807) is 12.4 Å². The average molecular weight is 339 g/mol. The quantitative estimate of drug-likeness (QED) is 0.909. The largest absolute Gasteiger partial charge is 0.371 e. The highest BCUT2D eigenvalue weighted by Crippen LogP contribution is 2.26. The summed E-state index contributed by atoms with van der Waals surface area (Å²) >= 11 is 0. The van der Waals surface area contributed by atoms with E-state index in [0.717, 1.165) is 12.1 Å². The Labute approximate surface area is 149 Å².